The van der Waals surface area contributed by atoms with E-state index >= 15 is 0 Å². The van der Waals surface area contributed by atoms with E-state index in [1.54, 1.807) is 0 Å². The number of piperidine rings is 1. The molecule has 2 aromatic heterocycles. The summed E-state index contributed by atoms with van der Waals surface area (Å²) in [7, 11) is 0. The van der Waals surface area contributed by atoms with E-state index in [2.05, 4.69) is 57.3 Å². The van der Waals surface area contributed by atoms with Crippen LogP contribution in [-0.4, -0.2) is 28.0 Å². The van der Waals surface area contributed by atoms with Gasteiger partial charge < -0.3 is 0 Å². The highest BCUT2D eigenvalue weighted by molar-refractivity contribution is 5.81. The van der Waals surface area contributed by atoms with E-state index in [1.165, 1.54) is 29.4 Å². The lowest BCUT2D eigenvalue weighted by atomic mass is 9.90. The van der Waals surface area contributed by atoms with Crippen LogP contribution in [0.5, 0.6) is 0 Å². The first-order valence-corrected chi connectivity index (χ1v) is 8.35. The van der Waals surface area contributed by atoms with Crippen LogP contribution < -0.4 is 0 Å². The van der Waals surface area contributed by atoms with Crippen molar-refractivity contribution in [3.05, 3.63) is 72.2 Å². The minimum absolute atomic E-state index is 0.684. The van der Waals surface area contributed by atoms with Crippen LogP contribution in [-0.2, 0) is 6.54 Å². The summed E-state index contributed by atoms with van der Waals surface area (Å²) < 4.78 is 0. The summed E-state index contributed by atoms with van der Waals surface area (Å²) in [4.78, 5) is 11.2. The summed E-state index contributed by atoms with van der Waals surface area (Å²) in [5.41, 5.74) is 3.92. The molecule has 0 unspecified atom stereocenters. The van der Waals surface area contributed by atoms with Gasteiger partial charge in [-0.1, -0.05) is 18.2 Å². The summed E-state index contributed by atoms with van der Waals surface area (Å²) in [5, 5.41) is 1.28. The Labute approximate surface area is 137 Å². The van der Waals surface area contributed by atoms with Crippen LogP contribution in [0.1, 0.15) is 29.9 Å². The second kappa shape index (κ2) is 6.47. The van der Waals surface area contributed by atoms with E-state index < -0.39 is 0 Å². The zero-order valence-corrected chi connectivity index (χ0v) is 13.2. The average Bonchev–Trinajstić information content (AvgIpc) is 2.63. The molecule has 0 saturated carbocycles. The number of nitrogens with zero attached hydrogens (tertiary/aromatic N) is 3. The summed E-state index contributed by atoms with van der Waals surface area (Å²) >= 11 is 0. The fraction of sp³-hybridized carbons (Fsp3) is 0.300. The molecule has 3 nitrogen and oxygen atoms in total. The molecule has 1 saturated heterocycles. The number of hydrogen-bond donors (Lipinski definition) is 0. The Morgan fingerprint density at radius 1 is 0.913 bits per heavy atom. The lowest BCUT2D eigenvalue weighted by molar-refractivity contribution is 0.205. The van der Waals surface area contributed by atoms with Crippen LogP contribution in [0.15, 0.2) is 61.1 Å². The van der Waals surface area contributed by atoms with Gasteiger partial charge in [-0.05, 0) is 67.2 Å². The van der Waals surface area contributed by atoms with Crippen molar-refractivity contribution in [3.63, 3.8) is 0 Å². The Kier molecular flexibility index (Phi) is 4.03. The lowest BCUT2D eigenvalue weighted by Crippen LogP contribution is -2.32. The Bertz CT molecular complexity index is 772. The van der Waals surface area contributed by atoms with Crippen molar-refractivity contribution in [2.75, 3.05) is 13.1 Å². The molecule has 23 heavy (non-hydrogen) atoms. The number of aromatic nitrogens is 2. The number of pyridine rings is 2. The van der Waals surface area contributed by atoms with Crippen molar-refractivity contribution in [1.82, 2.24) is 14.9 Å². The maximum absolute atomic E-state index is 4.46. The number of hydrogen-bond acceptors (Lipinski definition) is 3. The molecule has 3 heteroatoms. The van der Waals surface area contributed by atoms with Gasteiger partial charge >= 0.3 is 0 Å². The predicted octanol–water partition coefficient (Wildman–Crippen LogP) is 4.01. The molecule has 0 spiro atoms. The minimum Gasteiger partial charge on any atom is -0.299 e. The van der Waals surface area contributed by atoms with E-state index in [1.807, 2.05) is 18.6 Å². The molecule has 3 heterocycles. The van der Waals surface area contributed by atoms with Gasteiger partial charge in [0.05, 0.1) is 5.52 Å². The fourth-order valence-corrected chi connectivity index (χ4v) is 3.59. The van der Waals surface area contributed by atoms with Gasteiger partial charge in [-0.3, -0.25) is 14.9 Å². The average molecular weight is 303 g/mol. The van der Waals surface area contributed by atoms with Crippen molar-refractivity contribution >= 4 is 10.9 Å². The molecular formula is C20H21N3. The molecule has 3 aromatic rings. The van der Waals surface area contributed by atoms with Crippen LogP contribution in [0.25, 0.3) is 10.9 Å². The van der Waals surface area contributed by atoms with Gasteiger partial charge in [0, 0.05) is 30.5 Å². The van der Waals surface area contributed by atoms with Gasteiger partial charge in [0.25, 0.3) is 0 Å². The Morgan fingerprint density at radius 2 is 1.70 bits per heavy atom. The van der Waals surface area contributed by atoms with Crippen molar-refractivity contribution in [2.45, 2.75) is 25.3 Å². The van der Waals surface area contributed by atoms with Crippen molar-refractivity contribution in [1.29, 1.82) is 0 Å². The largest absolute Gasteiger partial charge is 0.299 e. The fourth-order valence-electron chi connectivity index (χ4n) is 3.59. The van der Waals surface area contributed by atoms with E-state index in [0.29, 0.717) is 5.92 Å². The Balaban J connectivity index is 1.45. The second-order valence-corrected chi connectivity index (χ2v) is 6.32. The predicted molar refractivity (Wildman–Crippen MR) is 93.2 cm³/mol. The quantitative estimate of drug-likeness (QED) is 0.732. The molecule has 1 aliphatic heterocycles. The molecule has 1 fully saturated rings. The first-order valence-electron chi connectivity index (χ1n) is 8.35. The maximum Gasteiger partial charge on any atom is 0.0705 e. The van der Waals surface area contributed by atoms with Crippen molar-refractivity contribution in [2.24, 2.45) is 0 Å². The first kappa shape index (κ1) is 14.3. The summed E-state index contributed by atoms with van der Waals surface area (Å²) in [6, 6.07) is 14.9. The van der Waals surface area contributed by atoms with E-state index in [0.717, 1.165) is 25.2 Å². The van der Waals surface area contributed by atoms with Gasteiger partial charge in [0.2, 0.25) is 0 Å². The molecule has 1 aromatic carbocycles. The van der Waals surface area contributed by atoms with Crippen molar-refractivity contribution in [3.8, 4) is 0 Å². The van der Waals surface area contributed by atoms with Gasteiger partial charge in [-0.15, -0.1) is 0 Å². The Hall–Kier alpha value is -2.26. The van der Waals surface area contributed by atoms with E-state index in [-0.39, 0.29) is 0 Å². The monoisotopic (exact) mass is 303 g/mol. The molecule has 116 valence electrons. The molecule has 0 amide bonds. The third-order valence-corrected chi connectivity index (χ3v) is 4.90. The van der Waals surface area contributed by atoms with Crippen LogP contribution >= 0.6 is 0 Å². The minimum atomic E-state index is 0.684. The maximum atomic E-state index is 4.46. The highest BCUT2D eigenvalue weighted by Gasteiger charge is 2.20. The first-order chi connectivity index (χ1) is 11.4. The molecule has 0 N–H and O–H groups in total. The molecule has 0 atom stereocenters. The molecule has 0 radical (unpaired) electrons. The van der Waals surface area contributed by atoms with E-state index in [9.17, 15) is 0 Å². The van der Waals surface area contributed by atoms with E-state index in [4.69, 9.17) is 0 Å². The van der Waals surface area contributed by atoms with Gasteiger partial charge in [-0.2, -0.15) is 0 Å². The van der Waals surface area contributed by atoms with Crippen LogP contribution in [0.2, 0.25) is 0 Å². The summed E-state index contributed by atoms with van der Waals surface area (Å²) in [6.07, 6.45) is 8.21. The third-order valence-electron chi connectivity index (χ3n) is 4.90. The number of para-hydroxylation sites is 1. The third kappa shape index (κ3) is 3.10. The van der Waals surface area contributed by atoms with Crippen LogP contribution in [0.4, 0.5) is 0 Å². The SMILES string of the molecule is c1ccc2c(CN3CCC(c4ccncc4)CC3)ccnc2c1. The van der Waals surface area contributed by atoms with Gasteiger partial charge in [-0.25, -0.2) is 0 Å². The topological polar surface area (TPSA) is 29.0 Å². The summed E-state index contributed by atoms with van der Waals surface area (Å²) in [5.74, 6) is 0.684. The Morgan fingerprint density at radius 3 is 2.52 bits per heavy atom. The molecule has 0 aliphatic carbocycles. The van der Waals surface area contributed by atoms with Gasteiger partial charge in [0.15, 0.2) is 0 Å². The number of fused-ring (bicyclic) bond motifs is 1. The zero-order valence-electron chi connectivity index (χ0n) is 13.2. The molecule has 0 bridgehead atoms. The molecule has 4 rings (SSSR count). The highest BCUT2D eigenvalue weighted by Crippen LogP contribution is 2.28. The number of rotatable bonds is 3. The highest BCUT2D eigenvalue weighted by atomic mass is 15.1. The molecular weight excluding hydrogens is 282 g/mol. The second-order valence-electron chi connectivity index (χ2n) is 6.32. The standard InChI is InChI=1S/C20H21N3/c1-2-4-20-19(3-1)18(7-12-22-20)15-23-13-8-17(9-14-23)16-5-10-21-11-6-16/h1-7,10-12,17H,8-9,13-15H2. The van der Waals surface area contributed by atoms with Crippen LogP contribution in [0, 0.1) is 0 Å². The zero-order chi connectivity index (χ0) is 15.5. The number of likely N-dealkylation sites (tertiary alicyclic amines) is 1. The smallest absolute Gasteiger partial charge is 0.0705 e. The lowest BCUT2D eigenvalue weighted by Gasteiger charge is -2.32. The van der Waals surface area contributed by atoms with Crippen LogP contribution in [0.3, 0.4) is 0 Å². The normalized spacial score (nSPS) is 16.7. The number of benzene rings is 1. The summed E-state index contributed by atoms with van der Waals surface area (Å²) in [6.45, 7) is 3.33. The van der Waals surface area contributed by atoms with Crippen molar-refractivity contribution < 1.29 is 0 Å². The molecule has 1 aliphatic rings. The van der Waals surface area contributed by atoms with Gasteiger partial charge in [0.1, 0.15) is 0 Å².